The van der Waals surface area contributed by atoms with Gasteiger partial charge in [-0.2, -0.15) is 0 Å². The fraction of sp³-hybridized carbons (Fsp3) is 0.941. The Balaban J connectivity index is 1.91. The van der Waals surface area contributed by atoms with Gasteiger partial charge in [0.1, 0.15) is 0 Å². The van der Waals surface area contributed by atoms with Gasteiger partial charge in [0.15, 0.2) is 0 Å². The first-order valence-electron chi connectivity index (χ1n) is 8.34. The third-order valence-electron chi connectivity index (χ3n) is 5.39. The minimum atomic E-state index is -0.645. The SMILES string of the molecule is CC(C)(C)C1CCCCC1N1CCC(CCC(=O)O)C1. The molecule has 0 aromatic carbocycles. The molecule has 3 heteroatoms. The van der Waals surface area contributed by atoms with Gasteiger partial charge in [-0.3, -0.25) is 9.69 Å². The maximum atomic E-state index is 10.7. The van der Waals surface area contributed by atoms with Crippen LogP contribution in [-0.2, 0) is 4.79 Å². The van der Waals surface area contributed by atoms with Crippen LogP contribution in [0.15, 0.2) is 0 Å². The molecule has 0 radical (unpaired) electrons. The molecule has 1 heterocycles. The zero-order valence-electron chi connectivity index (χ0n) is 13.4. The van der Waals surface area contributed by atoms with Crippen LogP contribution in [0, 0.1) is 17.3 Å². The number of hydrogen-bond donors (Lipinski definition) is 1. The van der Waals surface area contributed by atoms with E-state index in [0.717, 1.165) is 24.9 Å². The van der Waals surface area contributed by atoms with Crippen molar-refractivity contribution in [1.29, 1.82) is 0 Å². The molecule has 1 aliphatic carbocycles. The number of carboxylic acids is 1. The molecule has 0 bridgehead atoms. The Morgan fingerprint density at radius 2 is 1.90 bits per heavy atom. The predicted octanol–water partition coefficient (Wildman–Crippen LogP) is 3.78. The van der Waals surface area contributed by atoms with Gasteiger partial charge in [-0.05, 0) is 49.5 Å². The van der Waals surface area contributed by atoms with Crippen molar-refractivity contribution in [2.24, 2.45) is 17.3 Å². The fourth-order valence-electron chi connectivity index (χ4n) is 4.29. The van der Waals surface area contributed by atoms with Crippen molar-refractivity contribution >= 4 is 5.97 Å². The van der Waals surface area contributed by atoms with E-state index in [9.17, 15) is 4.79 Å². The van der Waals surface area contributed by atoms with Crippen molar-refractivity contribution in [3.63, 3.8) is 0 Å². The van der Waals surface area contributed by atoms with Crippen molar-refractivity contribution < 1.29 is 9.90 Å². The van der Waals surface area contributed by atoms with Crippen molar-refractivity contribution in [2.75, 3.05) is 13.1 Å². The number of nitrogens with zero attached hydrogens (tertiary/aromatic N) is 1. The molecular weight excluding hydrogens is 250 g/mol. The van der Waals surface area contributed by atoms with Gasteiger partial charge >= 0.3 is 5.97 Å². The van der Waals surface area contributed by atoms with Crippen LogP contribution in [0.4, 0.5) is 0 Å². The maximum Gasteiger partial charge on any atom is 0.303 e. The zero-order valence-corrected chi connectivity index (χ0v) is 13.4. The first kappa shape index (κ1) is 15.8. The molecule has 1 saturated carbocycles. The molecule has 20 heavy (non-hydrogen) atoms. The maximum absolute atomic E-state index is 10.7. The van der Waals surface area contributed by atoms with E-state index in [2.05, 4.69) is 25.7 Å². The van der Waals surface area contributed by atoms with Crippen LogP contribution in [0.3, 0.4) is 0 Å². The average Bonchev–Trinajstić information content (AvgIpc) is 2.84. The summed E-state index contributed by atoms with van der Waals surface area (Å²) in [6.45, 7) is 9.46. The predicted molar refractivity (Wildman–Crippen MR) is 81.8 cm³/mol. The van der Waals surface area contributed by atoms with E-state index in [1.54, 1.807) is 0 Å². The molecule has 3 atom stereocenters. The summed E-state index contributed by atoms with van der Waals surface area (Å²) in [5.41, 5.74) is 0.393. The molecule has 0 aromatic heterocycles. The summed E-state index contributed by atoms with van der Waals surface area (Å²) in [6.07, 6.45) is 7.85. The number of aliphatic carboxylic acids is 1. The number of rotatable bonds is 4. The Bertz CT molecular complexity index is 334. The van der Waals surface area contributed by atoms with Gasteiger partial charge in [0.25, 0.3) is 0 Å². The van der Waals surface area contributed by atoms with Gasteiger partial charge in [-0.25, -0.2) is 0 Å². The summed E-state index contributed by atoms with van der Waals surface area (Å²) in [7, 11) is 0. The molecule has 2 aliphatic rings. The van der Waals surface area contributed by atoms with Crippen LogP contribution < -0.4 is 0 Å². The summed E-state index contributed by atoms with van der Waals surface area (Å²) in [6, 6.07) is 0.735. The average molecular weight is 281 g/mol. The third kappa shape index (κ3) is 3.97. The summed E-state index contributed by atoms with van der Waals surface area (Å²) < 4.78 is 0. The second-order valence-electron chi connectivity index (χ2n) is 7.91. The van der Waals surface area contributed by atoms with Crippen molar-refractivity contribution in [3.8, 4) is 0 Å². The van der Waals surface area contributed by atoms with E-state index >= 15 is 0 Å². The normalized spacial score (nSPS) is 32.5. The van der Waals surface area contributed by atoms with E-state index in [1.165, 1.54) is 38.6 Å². The van der Waals surface area contributed by atoms with Gasteiger partial charge in [0.05, 0.1) is 0 Å². The van der Waals surface area contributed by atoms with E-state index < -0.39 is 5.97 Å². The highest BCUT2D eigenvalue weighted by molar-refractivity contribution is 5.66. The molecule has 2 fully saturated rings. The number of likely N-dealkylation sites (tertiary alicyclic amines) is 1. The molecule has 1 N–H and O–H groups in total. The molecule has 1 saturated heterocycles. The topological polar surface area (TPSA) is 40.5 Å². The quantitative estimate of drug-likeness (QED) is 0.852. The van der Waals surface area contributed by atoms with Gasteiger partial charge in [-0.15, -0.1) is 0 Å². The number of carboxylic acid groups (broad SMARTS) is 1. The van der Waals surface area contributed by atoms with Crippen molar-refractivity contribution in [1.82, 2.24) is 4.90 Å². The molecule has 3 nitrogen and oxygen atoms in total. The van der Waals surface area contributed by atoms with Crippen LogP contribution in [0.25, 0.3) is 0 Å². The highest BCUT2D eigenvalue weighted by Gasteiger charge is 2.39. The fourth-order valence-corrected chi connectivity index (χ4v) is 4.29. The first-order chi connectivity index (χ1) is 9.38. The van der Waals surface area contributed by atoms with Crippen LogP contribution in [-0.4, -0.2) is 35.1 Å². The molecule has 0 amide bonds. The van der Waals surface area contributed by atoms with Gasteiger partial charge in [-0.1, -0.05) is 33.6 Å². The first-order valence-corrected chi connectivity index (χ1v) is 8.34. The minimum absolute atomic E-state index is 0.339. The van der Waals surface area contributed by atoms with E-state index in [-0.39, 0.29) is 0 Å². The van der Waals surface area contributed by atoms with E-state index in [4.69, 9.17) is 5.11 Å². The molecule has 3 unspecified atom stereocenters. The highest BCUT2D eigenvalue weighted by atomic mass is 16.4. The summed E-state index contributed by atoms with van der Waals surface area (Å²) >= 11 is 0. The van der Waals surface area contributed by atoms with Gasteiger partial charge < -0.3 is 5.11 Å². The largest absolute Gasteiger partial charge is 0.481 e. The summed E-state index contributed by atoms with van der Waals surface area (Å²) in [4.78, 5) is 13.4. The molecule has 2 rings (SSSR count). The number of carbonyl (C=O) groups is 1. The Labute approximate surface area is 123 Å². The van der Waals surface area contributed by atoms with Gasteiger partial charge in [0.2, 0.25) is 0 Å². The summed E-state index contributed by atoms with van der Waals surface area (Å²) in [5, 5.41) is 8.82. The standard InChI is InChI=1S/C17H31NO2/c1-17(2,3)14-6-4-5-7-15(14)18-11-10-13(12-18)8-9-16(19)20/h13-15H,4-12H2,1-3H3,(H,19,20). The lowest BCUT2D eigenvalue weighted by Gasteiger charge is -2.44. The van der Waals surface area contributed by atoms with Crippen molar-refractivity contribution in [2.45, 2.75) is 71.8 Å². The molecular formula is C17H31NO2. The van der Waals surface area contributed by atoms with Crippen LogP contribution >= 0.6 is 0 Å². The molecule has 1 aliphatic heterocycles. The minimum Gasteiger partial charge on any atom is -0.481 e. The highest BCUT2D eigenvalue weighted by Crippen LogP contribution is 2.41. The smallest absolute Gasteiger partial charge is 0.303 e. The second-order valence-corrected chi connectivity index (χ2v) is 7.91. The molecule has 0 spiro atoms. The monoisotopic (exact) mass is 281 g/mol. The lowest BCUT2D eigenvalue weighted by Crippen LogP contribution is -2.46. The Morgan fingerprint density at radius 3 is 2.55 bits per heavy atom. The lowest BCUT2D eigenvalue weighted by molar-refractivity contribution is -0.137. The summed E-state index contributed by atoms with van der Waals surface area (Å²) in [5.74, 6) is 0.761. The Morgan fingerprint density at radius 1 is 1.20 bits per heavy atom. The molecule has 116 valence electrons. The van der Waals surface area contributed by atoms with Gasteiger partial charge in [0, 0.05) is 19.0 Å². The Hall–Kier alpha value is -0.570. The van der Waals surface area contributed by atoms with E-state index in [0.29, 0.717) is 17.8 Å². The van der Waals surface area contributed by atoms with Crippen LogP contribution in [0.1, 0.15) is 65.7 Å². The number of hydrogen-bond acceptors (Lipinski definition) is 2. The lowest BCUT2D eigenvalue weighted by atomic mass is 9.69. The second kappa shape index (κ2) is 6.46. The molecule has 0 aromatic rings. The van der Waals surface area contributed by atoms with E-state index in [1.807, 2.05) is 0 Å². The van der Waals surface area contributed by atoms with Crippen LogP contribution in [0.2, 0.25) is 0 Å². The van der Waals surface area contributed by atoms with Crippen LogP contribution in [0.5, 0.6) is 0 Å². The van der Waals surface area contributed by atoms with Crippen molar-refractivity contribution in [3.05, 3.63) is 0 Å². The zero-order chi connectivity index (χ0) is 14.8. The third-order valence-corrected chi connectivity index (χ3v) is 5.39. The Kier molecular flexibility index (Phi) is 5.11.